The predicted octanol–water partition coefficient (Wildman–Crippen LogP) is 3.74. The molecule has 5 heteroatoms. The topological polar surface area (TPSA) is 42.4 Å². The fourth-order valence-corrected chi connectivity index (χ4v) is 3.27. The van der Waals surface area contributed by atoms with E-state index in [1.165, 1.54) is 6.42 Å². The highest BCUT2D eigenvalue weighted by molar-refractivity contribution is 7.07. The van der Waals surface area contributed by atoms with Crippen LogP contribution in [-0.2, 0) is 6.61 Å². The number of nitrogens with zero attached hydrogens (tertiary/aromatic N) is 2. The number of benzene rings is 1. The quantitative estimate of drug-likeness (QED) is 0.863. The van der Waals surface area contributed by atoms with Crippen molar-refractivity contribution in [1.29, 1.82) is 0 Å². The minimum Gasteiger partial charge on any atom is -0.487 e. The first kappa shape index (κ1) is 15.0. The van der Waals surface area contributed by atoms with Crippen molar-refractivity contribution in [2.45, 2.75) is 38.8 Å². The van der Waals surface area contributed by atoms with Crippen LogP contribution in [0.15, 0.2) is 35.2 Å². The maximum absolute atomic E-state index is 12.5. The van der Waals surface area contributed by atoms with E-state index in [0.29, 0.717) is 12.6 Å². The molecule has 1 atom stereocenters. The molecule has 0 bridgehead atoms. The van der Waals surface area contributed by atoms with E-state index >= 15 is 0 Å². The molecule has 2 aromatic rings. The van der Waals surface area contributed by atoms with Crippen LogP contribution < -0.4 is 4.74 Å². The molecule has 0 spiro atoms. The van der Waals surface area contributed by atoms with Gasteiger partial charge in [-0.05, 0) is 50.5 Å². The summed E-state index contributed by atoms with van der Waals surface area (Å²) in [5.41, 5.74) is 3.45. The number of carbonyl (C=O) groups excluding carboxylic acids is 1. The van der Waals surface area contributed by atoms with Crippen molar-refractivity contribution in [3.05, 3.63) is 46.4 Å². The molecular formula is C17H20N2O2S. The number of amides is 1. The van der Waals surface area contributed by atoms with Crippen molar-refractivity contribution < 1.29 is 9.53 Å². The molecular weight excluding hydrogens is 296 g/mol. The van der Waals surface area contributed by atoms with Crippen LogP contribution in [0.1, 0.15) is 42.2 Å². The third-order valence-electron chi connectivity index (χ3n) is 4.04. The molecule has 4 nitrogen and oxygen atoms in total. The molecule has 1 fully saturated rings. The van der Waals surface area contributed by atoms with E-state index < -0.39 is 0 Å². The molecule has 1 aliphatic rings. The van der Waals surface area contributed by atoms with Crippen molar-refractivity contribution in [1.82, 2.24) is 9.88 Å². The fraction of sp³-hybridized carbons (Fsp3) is 0.412. The number of aromatic nitrogens is 1. The van der Waals surface area contributed by atoms with Gasteiger partial charge in [-0.15, -0.1) is 11.3 Å². The first-order valence-electron chi connectivity index (χ1n) is 7.65. The third kappa shape index (κ3) is 3.47. The minimum atomic E-state index is 0.123. The van der Waals surface area contributed by atoms with E-state index in [2.05, 4.69) is 11.9 Å². The molecule has 1 aromatic heterocycles. The van der Waals surface area contributed by atoms with Gasteiger partial charge in [0.05, 0.1) is 11.2 Å². The number of carbonyl (C=O) groups is 1. The summed E-state index contributed by atoms with van der Waals surface area (Å²) in [5, 5.41) is 1.97. The van der Waals surface area contributed by atoms with Gasteiger partial charge < -0.3 is 9.64 Å². The first-order valence-corrected chi connectivity index (χ1v) is 8.59. The Labute approximate surface area is 134 Å². The van der Waals surface area contributed by atoms with Gasteiger partial charge in [0.15, 0.2) is 0 Å². The molecule has 1 aromatic carbocycles. The molecule has 1 aliphatic heterocycles. The molecule has 2 heterocycles. The molecule has 0 N–H and O–H groups in total. The van der Waals surface area contributed by atoms with Crippen LogP contribution in [0.3, 0.4) is 0 Å². The number of ether oxygens (including phenoxy) is 1. The van der Waals surface area contributed by atoms with Crippen LogP contribution in [0.25, 0.3) is 0 Å². The monoisotopic (exact) mass is 316 g/mol. The van der Waals surface area contributed by atoms with Crippen molar-refractivity contribution >= 4 is 17.2 Å². The zero-order valence-electron chi connectivity index (χ0n) is 12.7. The van der Waals surface area contributed by atoms with Crippen molar-refractivity contribution in [2.75, 3.05) is 6.54 Å². The Morgan fingerprint density at radius 2 is 2.18 bits per heavy atom. The van der Waals surface area contributed by atoms with E-state index in [4.69, 9.17) is 4.74 Å². The number of thiazole rings is 1. The van der Waals surface area contributed by atoms with Crippen LogP contribution in [0, 0.1) is 0 Å². The summed E-state index contributed by atoms with van der Waals surface area (Å²) < 4.78 is 5.67. The highest BCUT2D eigenvalue weighted by Crippen LogP contribution is 2.21. The molecule has 1 unspecified atom stereocenters. The molecule has 0 aliphatic carbocycles. The summed E-state index contributed by atoms with van der Waals surface area (Å²) >= 11 is 1.56. The average molecular weight is 316 g/mol. The molecule has 116 valence electrons. The summed E-state index contributed by atoms with van der Waals surface area (Å²) in [5.74, 6) is 0.884. The fourth-order valence-electron chi connectivity index (χ4n) is 2.73. The van der Waals surface area contributed by atoms with Gasteiger partial charge in [0, 0.05) is 23.5 Å². The third-order valence-corrected chi connectivity index (χ3v) is 4.67. The second-order valence-corrected chi connectivity index (χ2v) is 6.35. The highest BCUT2D eigenvalue weighted by atomic mass is 32.1. The zero-order valence-corrected chi connectivity index (χ0v) is 13.5. The van der Waals surface area contributed by atoms with Gasteiger partial charge in [0.2, 0.25) is 0 Å². The van der Waals surface area contributed by atoms with E-state index in [1.54, 1.807) is 16.8 Å². The van der Waals surface area contributed by atoms with Crippen molar-refractivity contribution in [3.8, 4) is 5.75 Å². The predicted molar refractivity (Wildman–Crippen MR) is 87.2 cm³/mol. The Kier molecular flexibility index (Phi) is 4.73. The summed E-state index contributed by atoms with van der Waals surface area (Å²) in [7, 11) is 0. The van der Waals surface area contributed by atoms with Gasteiger partial charge in [0.1, 0.15) is 12.4 Å². The second kappa shape index (κ2) is 6.92. The molecule has 1 saturated heterocycles. The summed E-state index contributed by atoms with van der Waals surface area (Å²) in [6.45, 7) is 3.45. The Hall–Kier alpha value is -1.88. The van der Waals surface area contributed by atoms with Crippen molar-refractivity contribution in [3.63, 3.8) is 0 Å². The molecule has 0 radical (unpaired) electrons. The lowest BCUT2D eigenvalue weighted by atomic mass is 10.0. The molecule has 22 heavy (non-hydrogen) atoms. The van der Waals surface area contributed by atoms with Gasteiger partial charge in [-0.2, -0.15) is 0 Å². The Morgan fingerprint density at radius 1 is 1.36 bits per heavy atom. The van der Waals surface area contributed by atoms with E-state index in [1.807, 2.05) is 34.5 Å². The lowest BCUT2D eigenvalue weighted by Gasteiger charge is -2.33. The maximum Gasteiger partial charge on any atom is 0.254 e. The van der Waals surface area contributed by atoms with Gasteiger partial charge in [-0.1, -0.05) is 0 Å². The van der Waals surface area contributed by atoms with E-state index in [-0.39, 0.29) is 5.91 Å². The Balaban J connectivity index is 1.62. The van der Waals surface area contributed by atoms with Crippen LogP contribution in [-0.4, -0.2) is 28.4 Å². The number of hydrogen-bond donors (Lipinski definition) is 0. The van der Waals surface area contributed by atoms with Crippen LogP contribution in [0.2, 0.25) is 0 Å². The highest BCUT2D eigenvalue weighted by Gasteiger charge is 2.23. The summed E-state index contributed by atoms with van der Waals surface area (Å²) in [4.78, 5) is 18.7. The summed E-state index contributed by atoms with van der Waals surface area (Å²) in [6.07, 6.45) is 3.42. The van der Waals surface area contributed by atoms with Crippen LogP contribution in [0.5, 0.6) is 5.75 Å². The smallest absolute Gasteiger partial charge is 0.254 e. The standard InChI is InChI=1S/C17H20N2O2S/c1-13-4-2-3-9-19(13)17(20)14-5-7-16(8-6-14)21-10-15-11-22-12-18-15/h5-8,11-13H,2-4,9-10H2,1H3. The van der Waals surface area contributed by atoms with E-state index in [9.17, 15) is 4.79 Å². The summed E-state index contributed by atoms with van der Waals surface area (Å²) in [6, 6.07) is 7.74. The Morgan fingerprint density at radius 3 is 2.86 bits per heavy atom. The SMILES string of the molecule is CC1CCCCN1C(=O)c1ccc(OCc2cscn2)cc1. The Bertz CT molecular complexity index is 610. The molecule has 3 rings (SSSR count). The second-order valence-electron chi connectivity index (χ2n) is 5.64. The van der Waals surface area contributed by atoms with Crippen LogP contribution in [0.4, 0.5) is 0 Å². The largest absolute Gasteiger partial charge is 0.487 e. The number of hydrogen-bond acceptors (Lipinski definition) is 4. The van der Waals surface area contributed by atoms with Gasteiger partial charge >= 0.3 is 0 Å². The lowest BCUT2D eigenvalue weighted by Crippen LogP contribution is -2.41. The van der Waals surface area contributed by atoms with E-state index in [0.717, 1.165) is 36.4 Å². The van der Waals surface area contributed by atoms with Gasteiger partial charge in [-0.3, -0.25) is 4.79 Å². The normalized spacial score (nSPS) is 18.2. The minimum absolute atomic E-state index is 0.123. The van der Waals surface area contributed by atoms with Crippen LogP contribution >= 0.6 is 11.3 Å². The zero-order chi connectivity index (χ0) is 15.4. The van der Waals surface area contributed by atoms with Crippen molar-refractivity contribution in [2.24, 2.45) is 0 Å². The number of piperidine rings is 1. The van der Waals surface area contributed by atoms with Gasteiger partial charge in [0.25, 0.3) is 5.91 Å². The molecule has 0 saturated carbocycles. The average Bonchev–Trinajstić information content (AvgIpc) is 3.07. The number of rotatable bonds is 4. The maximum atomic E-state index is 12.5. The lowest BCUT2D eigenvalue weighted by molar-refractivity contribution is 0.0635. The number of likely N-dealkylation sites (tertiary alicyclic amines) is 1. The molecule has 1 amide bonds. The van der Waals surface area contributed by atoms with Gasteiger partial charge in [-0.25, -0.2) is 4.98 Å². The first-order chi connectivity index (χ1) is 10.7.